The summed E-state index contributed by atoms with van der Waals surface area (Å²) >= 11 is 0. The summed E-state index contributed by atoms with van der Waals surface area (Å²) in [4.78, 5) is 28.2. The number of methoxy groups -OCH3 is 1. The van der Waals surface area contributed by atoms with Gasteiger partial charge in [0.25, 0.3) is 5.89 Å². The van der Waals surface area contributed by atoms with Gasteiger partial charge in [-0.15, -0.1) is 0 Å². The molecule has 0 fully saturated rings. The van der Waals surface area contributed by atoms with Crippen molar-refractivity contribution < 1.29 is 37.1 Å². The predicted molar refractivity (Wildman–Crippen MR) is 107 cm³/mol. The number of benzene rings is 2. The van der Waals surface area contributed by atoms with Gasteiger partial charge in [0.15, 0.2) is 23.9 Å². The van der Waals surface area contributed by atoms with E-state index in [1.807, 2.05) is 19.1 Å². The normalized spacial score (nSPS) is 10.8. The number of hydrogen-bond donors (Lipinski definition) is 0. The summed E-state index contributed by atoms with van der Waals surface area (Å²) in [6.45, 7) is -1.34. The molecule has 0 saturated carbocycles. The number of esters is 1. The third-order valence-electron chi connectivity index (χ3n) is 4.39. The van der Waals surface area contributed by atoms with E-state index in [9.17, 15) is 18.4 Å². The fourth-order valence-corrected chi connectivity index (χ4v) is 2.74. The van der Waals surface area contributed by atoms with Gasteiger partial charge in [0.1, 0.15) is 0 Å². The zero-order valence-electron chi connectivity index (χ0n) is 17.3. The minimum atomic E-state index is -2.99. The molecule has 0 aliphatic rings. The number of Topliss-reactive ketones (excluding diaryl/α,β-unsaturated/α-hetero) is 1. The van der Waals surface area contributed by atoms with Crippen LogP contribution in [0, 0.1) is 6.92 Å². The summed E-state index contributed by atoms with van der Waals surface area (Å²) in [6.07, 6.45) is -0.0691. The zero-order chi connectivity index (χ0) is 23.1. The molecular weight excluding hydrogens is 426 g/mol. The largest absolute Gasteiger partial charge is 0.493 e. The summed E-state index contributed by atoms with van der Waals surface area (Å²) in [6, 6.07) is 11.2. The van der Waals surface area contributed by atoms with Crippen LogP contribution >= 0.6 is 0 Å². The Kier molecular flexibility index (Phi) is 7.48. The molecule has 2 aromatic carbocycles. The summed E-state index contributed by atoms with van der Waals surface area (Å²) in [5.41, 5.74) is 1.99. The topological polar surface area (TPSA) is 101 Å². The number of carbonyl (C=O) groups excluding carboxylic acids is 2. The fourth-order valence-electron chi connectivity index (χ4n) is 2.74. The number of nitrogens with zero attached hydrogens (tertiary/aromatic N) is 2. The quantitative estimate of drug-likeness (QED) is 0.334. The predicted octanol–water partition coefficient (Wildman–Crippen LogP) is 4.36. The third kappa shape index (κ3) is 6.10. The minimum absolute atomic E-state index is 0.0177. The lowest BCUT2D eigenvalue weighted by Gasteiger charge is -2.10. The molecule has 1 heterocycles. The maximum atomic E-state index is 12.4. The van der Waals surface area contributed by atoms with Crippen LogP contribution in [0.5, 0.6) is 11.5 Å². The van der Waals surface area contributed by atoms with Crippen molar-refractivity contribution in [3.63, 3.8) is 0 Å². The number of aryl methyl sites for hydroxylation is 1. The second-order valence-corrected chi connectivity index (χ2v) is 6.71. The molecule has 0 unspecified atom stereocenters. The van der Waals surface area contributed by atoms with Gasteiger partial charge in [0.05, 0.1) is 13.5 Å². The number of halogens is 2. The highest BCUT2D eigenvalue weighted by Crippen LogP contribution is 2.32. The van der Waals surface area contributed by atoms with Crippen molar-refractivity contribution in [2.24, 2.45) is 0 Å². The lowest BCUT2D eigenvalue weighted by atomic mass is 10.1. The lowest BCUT2D eigenvalue weighted by Crippen LogP contribution is -2.08. The SMILES string of the molecule is COc1cc(-c2noc(COC(=O)CCC(=O)c3ccc(C)cc3)n2)ccc1OC(F)F. The molecule has 8 nitrogen and oxygen atoms in total. The average Bonchev–Trinajstić information content (AvgIpc) is 3.25. The minimum Gasteiger partial charge on any atom is -0.493 e. The molecule has 3 aromatic rings. The highest BCUT2D eigenvalue weighted by atomic mass is 19.3. The van der Waals surface area contributed by atoms with Gasteiger partial charge < -0.3 is 18.7 Å². The molecule has 0 amide bonds. The van der Waals surface area contributed by atoms with Crippen LogP contribution in [0.4, 0.5) is 8.78 Å². The highest BCUT2D eigenvalue weighted by molar-refractivity contribution is 5.97. The maximum absolute atomic E-state index is 12.4. The van der Waals surface area contributed by atoms with E-state index < -0.39 is 12.6 Å². The van der Waals surface area contributed by atoms with E-state index in [4.69, 9.17) is 14.0 Å². The molecule has 32 heavy (non-hydrogen) atoms. The molecular formula is C22H20F2N2O6. The second-order valence-electron chi connectivity index (χ2n) is 6.71. The van der Waals surface area contributed by atoms with Gasteiger partial charge in [0, 0.05) is 17.5 Å². The number of ether oxygens (including phenoxy) is 3. The Labute approximate surface area is 182 Å². The van der Waals surface area contributed by atoms with E-state index in [0.717, 1.165) is 5.56 Å². The zero-order valence-corrected chi connectivity index (χ0v) is 17.3. The molecule has 0 aliphatic heterocycles. The van der Waals surface area contributed by atoms with E-state index in [0.29, 0.717) is 11.1 Å². The van der Waals surface area contributed by atoms with E-state index in [1.54, 1.807) is 12.1 Å². The van der Waals surface area contributed by atoms with Crippen LogP contribution in [0.1, 0.15) is 34.7 Å². The Balaban J connectivity index is 1.53. The van der Waals surface area contributed by atoms with Crippen LogP contribution in [0.15, 0.2) is 47.0 Å². The lowest BCUT2D eigenvalue weighted by molar-refractivity contribution is -0.145. The first-order chi connectivity index (χ1) is 15.4. The monoisotopic (exact) mass is 446 g/mol. The van der Waals surface area contributed by atoms with Crippen molar-refractivity contribution in [3.05, 3.63) is 59.5 Å². The van der Waals surface area contributed by atoms with Crippen molar-refractivity contribution in [1.82, 2.24) is 10.1 Å². The molecule has 1 aromatic heterocycles. The van der Waals surface area contributed by atoms with Gasteiger partial charge in [-0.05, 0) is 25.1 Å². The first-order valence-corrected chi connectivity index (χ1v) is 9.57. The van der Waals surface area contributed by atoms with Crippen LogP contribution in [0.3, 0.4) is 0 Å². The van der Waals surface area contributed by atoms with Crippen molar-refractivity contribution in [2.75, 3.05) is 7.11 Å². The highest BCUT2D eigenvalue weighted by Gasteiger charge is 2.16. The van der Waals surface area contributed by atoms with Crippen molar-refractivity contribution >= 4 is 11.8 Å². The Bertz CT molecular complexity index is 1080. The molecule has 0 aliphatic carbocycles. The van der Waals surface area contributed by atoms with Gasteiger partial charge in [-0.2, -0.15) is 13.8 Å². The summed E-state index contributed by atoms with van der Waals surface area (Å²) in [5.74, 6) is -0.629. The second kappa shape index (κ2) is 10.5. The Morgan fingerprint density at radius 3 is 2.50 bits per heavy atom. The van der Waals surface area contributed by atoms with E-state index >= 15 is 0 Å². The number of carbonyl (C=O) groups is 2. The first kappa shape index (κ1) is 22.9. The number of hydrogen-bond acceptors (Lipinski definition) is 8. The van der Waals surface area contributed by atoms with Crippen molar-refractivity contribution in [2.45, 2.75) is 33.0 Å². The maximum Gasteiger partial charge on any atom is 0.387 e. The van der Waals surface area contributed by atoms with Gasteiger partial charge >= 0.3 is 12.6 Å². The van der Waals surface area contributed by atoms with Crippen LogP contribution in [-0.2, 0) is 16.1 Å². The van der Waals surface area contributed by atoms with E-state index in [-0.39, 0.29) is 48.4 Å². The molecule has 0 atom stereocenters. The molecule has 0 spiro atoms. The van der Waals surface area contributed by atoms with Gasteiger partial charge in [-0.3, -0.25) is 9.59 Å². The number of aromatic nitrogens is 2. The van der Waals surface area contributed by atoms with Gasteiger partial charge in [0.2, 0.25) is 5.82 Å². The van der Waals surface area contributed by atoms with Crippen LogP contribution in [0.2, 0.25) is 0 Å². The Morgan fingerprint density at radius 1 is 1.06 bits per heavy atom. The number of ketones is 1. The molecule has 0 N–H and O–H groups in total. The summed E-state index contributed by atoms with van der Waals surface area (Å²) < 4.78 is 44.4. The molecule has 3 rings (SSSR count). The van der Waals surface area contributed by atoms with E-state index in [2.05, 4.69) is 14.9 Å². The molecule has 168 valence electrons. The number of alkyl halides is 2. The standard InChI is InChI=1S/C22H20F2N2O6/c1-13-3-5-14(6-4-13)16(27)8-10-20(28)30-12-19-25-21(26-32-19)15-7-9-17(31-22(23)24)18(11-15)29-2/h3-7,9,11,22H,8,10,12H2,1-2H3. The van der Waals surface area contributed by atoms with E-state index in [1.165, 1.54) is 25.3 Å². The van der Waals surface area contributed by atoms with Crippen molar-refractivity contribution in [1.29, 1.82) is 0 Å². The Morgan fingerprint density at radius 2 is 1.81 bits per heavy atom. The van der Waals surface area contributed by atoms with Crippen LogP contribution in [-0.4, -0.2) is 35.6 Å². The summed E-state index contributed by atoms with van der Waals surface area (Å²) in [7, 11) is 1.31. The number of rotatable bonds is 10. The van der Waals surface area contributed by atoms with Crippen LogP contribution in [0.25, 0.3) is 11.4 Å². The fraction of sp³-hybridized carbons (Fsp3) is 0.273. The van der Waals surface area contributed by atoms with Gasteiger partial charge in [-0.1, -0.05) is 35.0 Å². The third-order valence-corrected chi connectivity index (χ3v) is 4.39. The van der Waals surface area contributed by atoms with Crippen LogP contribution < -0.4 is 9.47 Å². The molecule has 0 bridgehead atoms. The average molecular weight is 446 g/mol. The molecule has 0 saturated heterocycles. The molecule has 0 radical (unpaired) electrons. The van der Waals surface area contributed by atoms with Crippen molar-refractivity contribution in [3.8, 4) is 22.9 Å². The first-order valence-electron chi connectivity index (χ1n) is 9.57. The smallest absolute Gasteiger partial charge is 0.387 e. The van der Waals surface area contributed by atoms with Gasteiger partial charge in [-0.25, -0.2) is 0 Å². The Hall–Kier alpha value is -3.82. The summed E-state index contributed by atoms with van der Waals surface area (Å²) in [5, 5.41) is 3.78. The molecule has 10 heteroatoms.